The number of hydrogen-bond donors (Lipinski definition) is 2. The molecule has 2 N–H and O–H groups in total. The fraction of sp³-hybridized carbons (Fsp3) is 1.00. The van der Waals surface area contributed by atoms with Crippen LogP contribution >= 0.6 is 0 Å². The molecule has 0 amide bonds. The van der Waals surface area contributed by atoms with Crippen LogP contribution < -0.4 is 5.32 Å². The third-order valence-electron chi connectivity index (χ3n) is 2.55. The Morgan fingerprint density at radius 1 is 1.23 bits per heavy atom. The van der Waals surface area contributed by atoms with Crippen LogP contribution in [-0.4, -0.2) is 30.7 Å². The van der Waals surface area contributed by atoms with Crippen LogP contribution in [0.2, 0.25) is 0 Å². The second-order valence-corrected chi connectivity index (χ2v) is 3.72. The molecule has 2 nitrogen and oxygen atoms in total. The van der Waals surface area contributed by atoms with Gasteiger partial charge in [-0.15, -0.1) is 0 Å². The summed E-state index contributed by atoms with van der Waals surface area (Å²) < 4.78 is 23.5. The molecule has 0 aromatic carbocycles. The molecule has 4 heteroatoms. The zero-order valence-electron chi connectivity index (χ0n) is 7.68. The Labute approximate surface area is 77.3 Å². The van der Waals surface area contributed by atoms with E-state index in [1.807, 2.05) is 0 Å². The second kappa shape index (κ2) is 5.50. The molecule has 0 heterocycles. The molecule has 0 aromatic rings. The number of aliphatic hydroxyl groups excluding tert-OH is 1. The molecule has 1 saturated carbocycles. The number of halogens is 2. The van der Waals surface area contributed by atoms with Gasteiger partial charge in [-0.1, -0.05) is 0 Å². The molecule has 0 aliphatic heterocycles. The maximum atomic E-state index is 11.7. The normalized spacial score (nSPS) is 29.5. The highest BCUT2D eigenvalue weighted by Crippen LogP contribution is 2.23. The van der Waals surface area contributed by atoms with Gasteiger partial charge >= 0.3 is 0 Å². The fourth-order valence-electron chi connectivity index (χ4n) is 1.75. The van der Waals surface area contributed by atoms with E-state index in [0.717, 1.165) is 25.7 Å². The van der Waals surface area contributed by atoms with Gasteiger partial charge in [0, 0.05) is 0 Å². The van der Waals surface area contributed by atoms with Crippen LogP contribution in [0.15, 0.2) is 0 Å². The molecular formula is C9H17F2NO. The smallest absolute Gasteiger partial charge is 0.250 e. The standard InChI is InChI=1S/C9H17F2NO/c10-9(11)6-12-5-7-1-3-8(13)4-2-7/h7-9,12-13H,1-6H2. The number of nitrogens with one attached hydrogen (secondary N) is 1. The van der Waals surface area contributed by atoms with E-state index in [4.69, 9.17) is 0 Å². The highest BCUT2D eigenvalue weighted by Gasteiger charge is 2.18. The zero-order valence-corrected chi connectivity index (χ0v) is 7.68. The van der Waals surface area contributed by atoms with Crippen molar-refractivity contribution in [2.45, 2.75) is 38.2 Å². The summed E-state index contributed by atoms with van der Waals surface area (Å²) in [4.78, 5) is 0. The first-order chi connectivity index (χ1) is 6.18. The predicted octanol–water partition coefficient (Wildman–Crippen LogP) is 1.39. The van der Waals surface area contributed by atoms with E-state index in [-0.39, 0.29) is 12.6 Å². The predicted molar refractivity (Wildman–Crippen MR) is 46.8 cm³/mol. The van der Waals surface area contributed by atoms with Gasteiger partial charge in [-0.3, -0.25) is 0 Å². The van der Waals surface area contributed by atoms with Gasteiger partial charge in [0.25, 0.3) is 6.43 Å². The van der Waals surface area contributed by atoms with E-state index in [1.54, 1.807) is 0 Å². The molecule has 0 aromatic heterocycles. The molecule has 0 bridgehead atoms. The summed E-state index contributed by atoms with van der Waals surface area (Å²) in [6.07, 6.45) is 1.14. The van der Waals surface area contributed by atoms with E-state index in [9.17, 15) is 13.9 Å². The maximum Gasteiger partial charge on any atom is 0.250 e. The third-order valence-corrected chi connectivity index (χ3v) is 2.55. The summed E-state index contributed by atoms with van der Waals surface area (Å²) in [7, 11) is 0. The Kier molecular flexibility index (Phi) is 4.59. The maximum absolute atomic E-state index is 11.7. The van der Waals surface area contributed by atoms with Crippen LogP contribution in [0.25, 0.3) is 0 Å². The highest BCUT2D eigenvalue weighted by atomic mass is 19.3. The van der Waals surface area contributed by atoms with Gasteiger partial charge in [0.2, 0.25) is 0 Å². The zero-order chi connectivity index (χ0) is 9.68. The van der Waals surface area contributed by atoms with Crippen molar-refractivity contribution in [2.24, 2.45) is 5.92 Å². The minimum Gasteiger partial charge on any atom is -0.393 e. The van der Waals surface area contributed by atoms with Crippen molar-refractivity contribution in [2.75, 3.05) is 13.1 Å². The molecule has 1 aliphatic rings. The molecule has 1 fully saturated rings. The average molecular weight is 193 g/mol. The highest BCUT2D eigenvalue weighted by molar-refractivity contribution is 4.73. The van der Waals surface area contributed by atoms with Crippen molar-refractivity contribution in [3.05, 3.63) is 0 Å². The summed E-state index contributed by atoms with van der Waals surface area (Å²) in [6, 6.07) is 0. The van der Waals surface area contributed by atoms with E-state index in [2.05, 4.69) is 5.32 Å². The van der Waals surface area contributed by atoms with Gasteiger partial charge in [-0.25, -0.2) is 8.78 Å². The van der Waals surface area contributed by atoms with E-state index in [0.29, 0.717) is 12.5 Å². The molecule has 13 heavy (non-hydrogen) atoms. The van der Waals surface area contributed by atoms with Gasteiger partial charge in [-0.2, -0.15) is 0 Å². The quantitative estimate of drug-likeness (QED) is 0.707. The molecule has 0 radical (unpaired) electrons. The number of alkyl halides is 2. The number of rotatable bonds is 4. The largest absolute Gasteiger partial charge is 0.393 e. The monoisotopic (exact) mass is 193 g/mol. The van der Waals surface area contributed by atoms with Gasteiger partial charge in [0.05, 0.1) is 12.6 Å². The topological polar surface area (TPSA) is 32.3 Å². The fourth-order valence-corrected chi connectivity index (χ4v) is 1.75. The Morgan fingerprint density at radius 3 is 2.38 bits per heavy atom. The molecule has 78 valence electrons. The Balaban J connectivity index is 2.02. The van der Waals surface area contributed by atoms with Crippen molar-refractivity contribution in [1.82, 2.24) is 5.32 Å². The molecule has 0 atom stereocenters. The van der Waals surface area contributed by atoms with Crippen LogP contribution in [0.3, 0.4) is 0 Å². The molecular weight excluding hydrogens is 176 g/mol. The Hall–Kier alpha value is -0.220. The van der Waals surface area contributed by atoms with Crippen molar-refractivity contribution in [1.29, 1.82) is 0 Å². The molecule has 0 unspecified atom stereocenters. The molecule has 0 spiro atoms. The Morgan fingerprint density at radius 2 is 1.85 bits per heavy atom. The van der Waals surface area contributed by atoms with Gasteiger partial charge < -0.3 is 10.4 Å². The van der Waals surface area contributed by atoms with Crippen LogP contribution in [0, 0.1) is 5.92 Å². The lowest BCUT2D eigenvalue weighted by Gasteiger charge is -2.25. The van der Waals surface area contributed by atoms with E-state index >= 15 is 0 Å². The SMILES string of the molecule is OC1CCC(CNCC(F)F)CC1. The number of aliphatic hydroxyl groups is 1. The van der Waals surface area contributed by atoms with E-state index in [1.165, 1.54) is 0 Å². The summed E-state index contributed by atoms with van der Waals surface area (Å²) in [6.45, 7) is 0.454. The van der Waals surface area contributed by atoms with Gasteiger partial charge in [-0.05, 0) is 38.1 Å². The molecule has 0 saturated heterocycles. The van der Waals surface area contributed by atoms with Crippen molar-refractivity contribution in [3.8, 4) is 0 Å². The number of hydrogen-bond acceptors (Lipinski definition) is 2. The summed E-state index contributed by atoms with van der Waals surface area (Å²) in [5, 5.41) is 11.9. The Bertz CT molecular complexity index is 136. The van der Waals surface area contributed by atoms with Crippen molar-refractivity contribution in [3.63, 3.8) is 0 Å². The van der Waals surface area contributed by atoms with Crippen molar-refractivity contribution >= 4 is 0 Å². The summed E-state index contributed by atoms with van der Waals surface area (Å²) in [5.74, 6) is 0.474. The summed E-state index contributed by atoms with van der Waals surface area (Å²) in [5.41, 5.74) is 0. The lowest BCUT2D eigenvalue weighted by atomic mass is 9.87. The van der Waals surface area contributed by atoms with Gasteiger partial charge in [0.15, 0.2) is 0 Å². The minimum absolute atomic E-state index is 0.161. The molecule has 1 rings (SSSR count). The molecule has 1 aliphatic carbocycles. The van der Waals surface area contributed by atoms with Gasteiger partial charge in [0.1, 0.15) is 0 Å². The lowest BCUT2D eigenvalue weighted by molar-refractivity contribution is 0.104. The lowest BCUT2D eigenvalue weighted by Crippen LogP contribution is -2.30. The second-order valence-electron chi connectivity index (χ2n) is 3.72. The summed E-state index contributed by atoms with van der Waals surface area (Å²) >= 11 is 0. The van der Waals surface area contributed by atoms with Crippen molar-refractivity contribution < 1.29 is 13.9 Å². The minimum atomic E-state index is -2.26. The van der Waals surface area contributed by atoms with Crippen LogP contribution in [0.1, 0.15) is 25.7 Å². The first kappa shape index (κ1) is 10.9. The first-order valence-electron chi connectivity index (χ1n) is 4.85. The average Bonchev–Trinajstić information content (AvgIpc) is 2.08. The van der Waals surface area contributed by atoms with Crippen LogP contribution in [-0.2, 0) is 0 Å². The van der Waals surface area contributed by atoms with Crippen LogP contribution in [0.5, 0.6) is 0 Å². The third kappa shape index (κ3) is 4.52. The first-order valence-corrected chi connectivity index (χ1v) is 4.85. The van der Waals surface area contributed by atoms with Crippen LogP contribution in [0.4, 0.5) is 8.78 Å². The van der Waals surface area contributed by atoms with E-state index < -0.39 is 6.43 Å².